The Kier molecular flexibility index (Phi) is 4.00. The molecule has 0 fully saturated rings. The van der Waals surface area contributed by atoms with Crippen LogP contribution in [0.25, 0.3) is 11.4 Å². The van der Waals surface area contributed by atoms with Gasteiger partial charge in [0.1, 0.15) is 6.04 Å². The van der Waals surface area contributed by atoms with Crippen LogP contribution < -0.4 is 14.8 Å². The third-order valence-corrected chi connectivity index (χ3v) is 6.43. The van der Waals surface area contributed by atoms with Crippen molar-refractivity contribution in [1.29, 1.82) is 0 Å². The smallest absolute Gasteiger partial charge is 0.231 e. The summed E-state index contributed by atoms with van der Waals surface area (Å²) in [6.45, 7) is 6.51. The van der Waals surface area contributed by atoms with E-state index in [1.54, 1.807) is 0 Å². The van der Waals surface area contributed by atoms with Crippen molar-refractivity contribution in [3.8, 4) is 22.9 Å². The lowest BCUT2D eigenvalue weighted by molar-refractivity contribution is -0.118. The van der Waals surface area contributed by atoms with Gasteiger partial charge in [-0.15, -0.1) is 5.10 Å². The molecule has 3 aromatic rings. The largest absolute Gasteiger partial charge is 0.454 e. The Morgan fingerprint density at radius 1 is 1.09 bits per heavy atom. The van der Waals surface area contributed by atoms with E-state index in [0.29, 0.717) is 29.7 Å². The number of allylic oxidation sites excluding steroid dienone is 2. The van der Waals surface area contributed by atoms with Crippen molar-refractivity contribution in [2.75, 3.05) is 12.1 Å². The normalized spacial score (nSPS) is 20.6. The van der Waals surface area contributed by atoms with Crippen LogP contribution in [-0.4, -0.2) is 27.3 Å². The molecule has 3 heterocycles. The summed E-state index contributed by atoms with van der Waals surface area (Å²) < 4.78 is 13.0. The monoisotopic (exact) mass is 428 g/mol. The Balaban J connectivity index is 1.54. The Bertz CT molecular complexity index is 1300. The number of Topliss-reactive ketones (excluding diaryl/α,β-unsaturated/α-hetero) is 1. The summed E-state index contributed by atoms with van der Waals surface area (Å²) in [6, 6.07) is 13.5. The SMILES string of the molecule is Cc1ccccc1-c1nc2n(n1)C(c1ccc3c(c1)OCO3)C1=C(CC(C)(C)CC1=O)N2. The molecular formula is C25H24N4O3. The van der Waals surface area contributed by atoms with Crippen LogP contribution in [0.3, 0.4) is 0 Å². The minimum atomic E-state index is -0.371. The Morgan fingerprint density at radius 3 is 2.75 bits per heavy atom. The highest BCUT2D eigenvalue weighted by atomic mass is 16.7. The Morgan fingerprint density at radius 2 is 1.91 bits per heavy atom. The van der Waals surface area contributed by atoms with Crippen LogP contribution in [0.1, 0.15) is 43.9 Å². The van der Waals surface area contributed by atoms with Gasteiger partial charge in [0.05, 0.1) is 0 Å². The lowest BCUT2D eigenvalue weighted by Gasteiger charge is -2.38. The van der Waals surface area contributed by atoms with Crippen LogP contribution in [-0.2, 0) is 4.79 Å². The van der Waals surface area contributed by atoms with Crippen molar-refractivity contribution in [2.24, 2.45) is 5.41 Å². The van der Waals surface area contributed by atoms with Gasteiger partial charge in [0.25, 0.3) is 0 Å². The van der Waals surface area contributed by atoms with E-state index in [-0.39, 0.29) is 24.0 Å². The molecule has 32 heavy (non-hydrogen) atoms. The summed E-state index contributed by atoms with van der Waals surface area (Å²) in [5.41, 5.74) is 4.60. The molecule has 1 atom stereocenters. The summed E-state index contributed by atoms with van der Waals surface area (Å²) >= 11 is 0. The minimum Gasteiger partial charge on any atom is -0.454 e. The fourth-order valence-corrected chi connectivity index (χ4v) is 4.94. The third-order valence-electron chi connectivity index (χ3n) is 6.43. The van der Waals surface area contributed by atoms with E-state index in [4.69, 9.17) is 19.6 Å². The molecule has 0 bridgehead atoms. The van der Waals surface area contributed by atoms with Gasteiger partial charge in [0, 0.05) is 23.3 Å². The zero-order valence-electron chi connectivity index (χ0n) is 18.3. The lowest BCUT2D eigenvalue weighted by atomic mass is 9.73. The number of fused-ring (bicyclic) bond motifs is 2. The molecule has 1 aliphatic carbocycles. The second-order valence-corrected chi connectivity index (χ2v) is 9.49. The van der Waals surface area contributed by atoms with Gasteiger partial charge in [-0.3, -0.25) is 4.79 Å². The average Bonchev–Trinajstić information content (AvgIpc) is 3.37. The molecule has 1 aromatic heterocycles. The van der Waals surface area contributed by atoms with Crippen molar-refractivity contribution in [3.63, 3.8) is 0 Å². The number of aryl methyl sites for hydroxylation is 1. The molecule has 1 unspecified atom stereocenters. The second kappa shape index (κ2) is 6.69. The standard InChI is InChI=1S/C25H24N4O3/c1-14-6-4-5-7-16(14)23-27-24-26-17-11-25(2,3)12-18(30)21(17)22(29(24)28-23)15-8-9-19-20(10-15)32-13-31-19/h4-10,22H,11-13H2,1-3H3,(H,26,27,28). The van der Waals surface area contributed by atoms with Crippen molar-refractivity contribution >= 4 is 11.7 Å². The molecule has 0 spiro atoms. The predicted octanol–water partition coefficient (Wildman–Crippen LogP) is 4.64. The van der Waals surface area contributed by atoms with E-state index in [9.17, 15) is 4.79 Å². The van der Waals surface area contributed by atoms with Crippen molar-refractivity contribution in [2.45, 2.75) is 39.7 Å². The molecule has 0 saturated carbocycles. The zero-order chi connectivity index (χ0) is 22.0. The van der Waals surface area contributed by atoms with E-state index in [1.807, 2.05) is 54.1 Å². The molecule has 0 saturated heterocycles. The summed E-state index contributed by atoms with van der Waals surface area (Å²) in [5, 5.41) is 8.32. The topological polar surface area (TPSA) is 78.3 Å². The van der Waals surface area contributed by atoms with Crippen molar-refractivity contribution < 1.29 is 14.3 Å². The fraction of sp³-hybridized carbons (Fsp3) is 0.320. The van der Waals surface area contributed by atoms with Gasteiger partial charge in [0.15, 0.2) is 23.1 Å². The van der Waals surface area contributed by atoms with Gasteiger partial charge < -0.3 is 14.8 Å². The molecule has 7 nitrogen and oxygen atoms in total. The van der Waals surface area contributed by atoms with Crippen LogP contribution in [0.15, 0.2) is 53.7 Å². The molecule has 3 aliphatic rings. The van der Waals surface area contributed by atoms with Crippen LogP contribution in [0.2, 0.25) is 0 Å². The summed E-state index contributed by atoms with van der Waals surface area (Å²) in [4.78, 5) is 18.2. The number of ether oxygens (including phenoxy) is 2. The zero-order valence-corrected chi connectivity index (χ0v) is 18.3. The molecule has 0 amide bonds. The van der Waals surface area contributed by atoms with Gasteiger partial charge >= 0.3 is 0 Å². The first-order chi connectivity index (χ1) is 15.4. The molecule has 6 rings (SSSR count). The van der Waals surface area contributed by atoms with Gasteiger partial charge in [-0.05, 0) is 42.0 Å². The minimum absolute atomic E-state index is 0.108. The van der Waals surface area contributed by atoms with Crippen LogP contribution in [0.5, 0.6) is 11.5 Å². The molecule has 0 radical (unpaired) electrons. The maximum absolute atomic E-state index is 13.4. The maximum Gasteiger partial charge on any atom is 0.231 e. The van der Waals surface area contributed by atoms with Crippen LogP contribution in [0.4, 0.5) is 5.95 Å². The number of nitrogens with zero attached hydrogens (tertiary/aromatic N) is 3. The van der Waals surface area contributed by atoms with E-state index in [2.05, 4.69) is 19.2 Å². The van der Waals surface area contributed by atoms with E-state index >= 15 is 0 Å². The number of rotatable bonds is 2. The number of nitrogens with one attached hydrogen (secondary N) is 1. The number of ketones is 1. The molecule has 2 aromatic carbocycles. The molecule has 162 valence electrons. The van der Waals surface area contributed by atoms with Gasteiger partial charge in [-0.25, -0.2) is 4.68 Å². The number of hydrogen-bond acceptors (Lipinski definition) is 6. The number of carbonyl (C=O) groups excluding carboxylic acids is 1. The van der Waals surface area contributed by atoms with E-state index in [0.717, 1.165) is 34.4 Å². The molecule has 2 aliphatic heterocycles. The van der Waals surface area contributed by atoms with Crippen molar-refractivity contribution in [3.05, 3.63) is 64.9 Å². The average molecular weight is 428 g/mol. The van der Waals surface area contributed by atoms with Gasteiger partial charge in [-0.2, -0.15) is 4.98 Å². The number of benzene rings is 2. The summed E-state index contributed by atoms with van der Waals surface area (Å²) in [6.07, 6.45) is 1.28. The maximum atomic E-state index is 13.4. The Labute approximate surface area is 186 Å². The number of hydrogen-bond donors (Lipinski definition) is 1. The van der Waals surface area contributed by atoms with Crippen molar-refractivity contribution in [1.82, 2.24) is 14.8 Å². The number of anilines is 1. The highest BCUT2D eigenvalue weighted by Gasteiger charge is 2.42. The van der Waals surface area contributed by atoms with E-state index in [1.165, 1.54) is 0 Å². The molecule has 1 N–H and O–H groups in total. The highest BCUT2D eigenvalue weighted by Crippen LogP contribution is 2.47. The molecule has 7 heteroatoms. The Hall–Kier alpha value is -3.61. The first-order valence-electron chi connectivity index (χ1n) is 10.8. The van der Waals surface area contributed by atoms with Crippen LogP contribution >= 0.6 is 0 Å². The lowest BCUT2D eigenvalue weighted by Crippen LogP contribution is -2.36. The quantitative estimate of drug-likeness (QED) is 0.641. The highest BCUT2D eigenvalue weighted by molar-refractivity contribution is 6.00. The second-order valence-electron chi connectivity index (χ2n) is 9.49. The van der Waals surface area contributed by atoms with Gasteiger partial charge in [0.2, 0.25) is 12.7 Å². The first-order valence-corrected chi connectivity index (χ1v) is 10.8. The molecular weight excluding hydrogens is 404 g/mol. The first kappa shape index (κ1) is 19.1. The third kappa shape index (κ3) is 2.92. The number of carbonyl (C=O) groups is 1. The van der Waals surface area contributed by atoms with Gasteiger partial charge in [-0.1, -0.05) is 44.2 Å². The van der Waals surface area contributed by atoms with E-state index < -0.39 is 0 Å². The van der Waals surface area contributed by atoms with Crippen LogP contribution in [0, 0.1) is 12.3 Å². The summed E-state index contributed by atoms with van der Waals surface area (Å²) in [5.74, 6) is 2.84. The summed E-state index contributed by atoms with van der Waals surface area (Å²) in [7, 11) is 0. The predicted molar refractivity (Wildman–Crippen MR) is 120 cm³/mol. The fourth-order valence-electron chi connectivity index (χ4n) is 4.94. The number of aromatic nitrogens is 3.